The van der Waals surface area contributed by atoms with E-state index in [1.165, 1.54) is 139 Å². The zero-order valence-electron chi connectivity index (χ0n) is 63.2. The van der Waals surface area contributed by atoms with Gasteiger partial charge in [-0.25, -0.2) is 4.98 Å². The van der Waals surface area contributed by atoms with Gasteiger partial charge in [-0.3, -0.25) is 4.90 Å². The molecule has 5 nitrogen and oxygen atoms in total. The van der Waals surface area contributed by atoms with Gasteiger partial charge in [0.15, 0.2) is 0 Å². The van der Waals surface area contributed by atoms with Crippen molar-refractivity contribution < 1.29 is 0 Å². The molecule has 7 heteroatoms. The van der Waals surface area contributed by atoms with Crippen LogP contribution in [0.25, 0.3) is 10.9 Å². The molecule has 0 radical (unpaired) electrons. The van der Waals surface area contributed by atoms with Gasteiger partial charge in [0.1, 0.15) is 5.82 Å². The van der Waals surface area contributed by atoms with E-state index in [1.54, 1.807) is 0 Å². The second-order valence-electron chi connectivity index (χ2n) is 32.4. The number of pyridine rings is 1. The van der Waals surface area contributed by atoms with Crippen LogP contribution in [0.3, 0.4) is 0 Å². The van der Waals surface area contributed by atoms with Crippen molar-refractivity contribution in [1.82, 2.24) is 4.98 Å². The molecule has 116 heavy (non-hydrogen) atoms. The lowest BCUT2D eigenvalue weighted by Crippen LogP contribution is -2.64. The minimum absolute atomic E-state index is 0.312. The average molecular weight is 1470 g/mol. The van der Waals surface area contributed by atoms with E-state index in [4.69, 9.17) is 4.98 Å². The van der Waals surface area contributed by atoms with Crippen LogP contribution >= 0.6 is 0 Å². The summed E-state index contributed by atoms with van der Waals surface area (Å²) in [5, 5.41) is 1.07. The van der Waals surface area contributed by atoms with Crippen LogP contribution in [0.5, 0.6) is 0 Å². The Morgan fingerprint density at radius 1 is 0.190 bits per heavy atom. The molecule has 0 bridgehead atoms. The summed E-state index contributed by atoms with van der Waals surface area (Å²) in [6, 6.07) is 160. The van der Waals surface area contributed by atoms with Crippen LogP contribution in [0.15, 0.2) is 419 Å². The molecule has 8 aliphatic rings. The van der Waals surface area contributed by atoms with Crippen LogP contribution in [0, 0.1) is 0 Å². The maximum Gasteiger partial charge on any atom is 0.254 e. The zero-order valence-corrected chi connectivity index (χ0v) is 63.2. The quantitative estimate of drug-likeness (QED) is 0.141. The summed E-state index contributed by atoms with van der Waals surface area (Å²) in [4.78, 5) is 17.8. The van der Waals surface area contributed by atoms with Crippen molar-refractivity contribution in [3.8, 4) is 0 Å². The van der Waals surface area contributed by atoms with Crippen LogP contribution in [0.1, 0.15) is 89.0 Å². The summed E-state index contributed by atoms with van der Waals surface area (Å²) in [7, 11) is 0. The number of rotatable bonds is 8. The van der Waals surface area contributed by atoms with Gasteiger partial charge in [0.2, 0.25) is 0 Å². The van der Waals surface area contributed by atoms with Gasteiger partial charge in [-0.2, -0.15) is 0 Å². The first-order chi connectivity index (χ1) is 57.6. The molecule has 0 aliphatic carbocycles. The first-order valence-corrected chi connectivity index (χ1v) is 40.8. The third kappa shape index (κ3) is 7.72. The normalized spacial score (nSPS) is 15.6. The van der Waals surface area contributed by atoms with Crippen molar-refractivity contribution in [2.45, 2.75) is 21.7 Å². The van der Waals surface area contributed by atoms with Gasteiger partial charge in [-0.15, -0.1) is 0 Å². The minimum atomic E-state index is -0.785. The van der Waals surface area contributed by atoms with Gasteiger partial charge in [0.05, 0.1) is 61.3 Å². The predicted molar refractivity (Wildman–Crippen MR) is 477 cm³/mol. The number of anilines is 12. The van der Waals surface area contributed by atoms with Crippen LogP contribution in [-0.4, -0.2) is 18.4 Å². The lowest BCUT2D eigenvalue weighted by molar-refractivity contribution is 0.730. The lowest BCUT2D eigenvalue weighted by atomic mass is 9.32. The van der Waals surface area contributed by atoms with Crippen LogP contribution < -0.4 is 52.4 Å². The molecule has 9 heterocycles. The van der Waals surface area contributed by atoms with E-state index in [0.717, 1.165) is 62.2 Å². The molecule has 536 valence electrons. The fourth-order valence-electron chi connectivity index (χ4n) is 23.7. The van der Waals surface area contributed by atoms with Crippen molar-refractivity contribution >= 4 is 125 Å². The van der Waals surface area contributed by atoms with E-state index in [-0.39, 0.29) is 13.4 Å². The summed E-state index contributed by atoms with van der Waals surface area (Å²) in [5.41, 5.74) is 37.2. The fraction of sp³-hybridized carbons (Fsp3) is 0.0367. The molecule has 17 aromatic carbocycles. The zero-order chi connectivity index (χ0) is 75.7. The molecule has 0 fully saturated rings. The number of para-hydroxylation sites is 8. The van der Waals surface area contributed by atoms with Gasteiger partial charge in [-0.1, -0.05) is 388 Å². The van der Waals surface area contributed by atoms with Crippen molar-refractivity contribution in [3.05, 3.63) is 508 Å². The second kappa shape index (κ2) is 23.6. The highest BCUT2D eigenvalue weighted by molar-refractivity contribution is 7.02. The molecule has 18 aromatic rings. The number of benzene rings is 17. The summed E-state index contributed by atoms with van der Waals surface area (Å²) in [6.45, 7) is -0.646. The Labute approximate surface area is 674 Å². The summed E-state index contributed by atoms with van der Waals surface area (Å²) in [5.74, 6) is 0.925. The highest BCUT2D eigenvalue weighted by Gasteiger charge is 2.60. The molecule has 26 rings (SSSR count). The summed E-state index contributed by atoms with van der Waals surface area (Å²) >= 11 is 0. The third-order valence-electron chi connectivity index (χ3n) is 27.6. The highest BCUT2D eigenvalue weighted by Crippen LogP contribution is 2.67. The molecule has 0 saturated carbocycles. The Balaban J connectivity index is 0.883. The number of hydrogen-bond acceptors (Lipinski definition) is 5. The molecule has 0 N–H and O–H groups in total. The maximum atomic E-state index is 6.91. The highest BCUT2D eigenvalue weighted by atomic mass is 15.3. The number of nitrogens with zero attached hydrogens (tertiary/aromatic N) is 5. The van der Waals surface area contributed by atoms with Crippen molar-refractivity contribution in [1.29, 1.82) is 0 Å². The van der Waals surface area contributed by atoms with Gasteiger partial charge >= 0.3 is 0 Å². The molecular formula is C109H69B2N5. The van der Waals surface area contributed by atoms with Crippen molar-refractivity contribution in [3.63, 3.8) is 0 Å². The molecule has 0 unspecified atom stereocenters. The molecule has 8 aliphatic heterocycles. The maximum absolute atomic E-state index is 6.91. The number of aromatic nitrogens is 1. The van der Waals surface area contributed by atoms with Gasteiger partial charge in [0, 0.05) is 33.8 Å². The van der Waals surface area contributed by atoms with E-state index in [2.05, 4.69) is 438 Å². The summed E-state index contributed by atoms with van der Waals surface area (Å²) in [6.07, 6.45) is 0. The monoisotopic (exact) mass is 1470 g/mol. The Bertz CT molecular complexity index is 6580. The Hall–Kier alpha value is -14.5. The first-order valence-electron chi connectivity index (χ1n) is 40.8. The number of fused-ring (bicyclic) bond motifs is 19. The van der Waals surface area contributed by atoms with Gasteiger partial charge in [0.25, 0.3) is 13.4 Å². The Morgan fingerprint density at radius 2 is 0.431 bits per heavy atom. The third-order valence-corrected chi connectivity index (χ3v) is 27.6. The fourth-order valence-corrected chi connectivity index (χ4v) is 23.7. The lowest BCUT2D eigenvalue weighted by Gasteiger charge is -2.55. The Morgan fingerprint density at radius 3 is 0.750 bits per heavy atom. The molecule has 0 amide bonds. The largest absolute Gasteiger partial charge is 0.311 e. The van der Waals surface area contributed by atoms with Crippen LogP contribution in [0.2, 0.25) is 0 Å². The smallest absolute Gasteiger partial charge is 0.254 e. The number of hydrogen-bond donors (Lipinski definition) is 0. The topological polar surface area (TPSA) is 25.9 Å². The molecule has 0 spiro atoms. The average Bonchev–Trinajstić information content (AvgIpc) is 0.650. The Kier molecular flexibility index (Phi) is 13.0. The van der Waals surface area contributed by atoms with E-state index >= 15 is 0 Å². The summed E-state index contributed by atoms with van der Waals surface area (Å²) < 4.78 is 0. The van der Waals surface area contributed by atoms with E-state index in [1.807, 2.05) is 0 Å². The molecular weight excluding hydrogens is 1400 g/mol. The SMILES string of the molecule is c1ccc(C2(c3ccccc3)c3ccccc3N3c4cc5c6c7c(nc5c5c4B(c4cccc2c43)c2cccc3c2N5c2ccccc2C3(c2ccccc2)c2ccccc2)N2c3ccccc3C(c3ccccc3)(c3ccccc3)c3cccc(c32)B7c2cccc3c2N6c2ccccc2C3(c2ccccc2)c2ccccc2)cc1. The second-order valence-corrected chi connectivity index (χ2v) is 32.4. The van der Waals surface area contributed by atoms with E-state index < -0.39 is 21.7 Å². The van der Waals surface area contributed by atoms with Crippen molar-refractivity contribution in [2.24, 2.45) is 0 Å². The van der Waals surface area contributed by atoms with Crippen LogP contribution in [0.4, 0.5) is 68.4 Å². The van der Waals surface area contributed by atoms with Crippen molar-refractivity contribution in [2.75, 3.05) is 19.6 Å². The predicted octanol–water partition coefficient (Wildman–Crippen LogP) is 21.2. The van der Waals surface area contributed by atoms with E-state index in [9.17, 15) is 0 Å². The molecule has 0 saturated heterocycles. The molecule has 0 atom stereocenters. The molecule has 1 aromatic heterocycles. The van der Waals surface area contributed by atoms with Crippen LogP contribution in [-0.2, 0) is 21.7 Å². The first kappa shape index (κ1) is 64.0. The van der Waals surface area contributed by atoms with E-state index in [0.29, 0.717) is 0 Å². The van der Waals surface area contributed by atoms with Gasteiger partial charge < -0.3 is 14.7 Å². The standard InChI is InChI=1S/C109H69B2N5/c1-9-37-70(38-10-1)106(71-39-11-2-12-40-71)79-53-25-29-65-91(79)113-95-69-78-98(104-96(95)110(87-61-33-57-83(106)100(87)113)88-62-34-59-85-102(88)115(104)93-67-31-27-55-81(93)108(85,74-45-17-5-18-46-74)75-47-19-6-20-48-75)112-105-97-99(78)114-92-66-30-26-54-80(92)107(72-41-13-3-14-42-72,73-43-15-4-16-44-73)84-58-35-63-89(101(84)114)111(97)90-64-36-60-86-103(90)116(105)94-68-32-28-56-82(94)109(86,76-49-21-7-22-50-76)77-51-23-8-24-52-77/h1-69H. The van der Waals surface area contributed by atoms with Gasteiger partial charge in [-0.05, 0) is 152 Å². The minimum Gasteiger partial charge on any atom is -0.311 e.